The first-order valence-electron chi connectivity index (χ1n) is 5.56. The van der Waals surface area contributed by atoms with E-state index in [0.717, 1.165) is 15.6 Å². The van der Waals surface area contributed by atoms with Gasteiger partial charge >= 0.3 is 0 Å². The van der Waals surface area contributed by atoms with Crippen molar-refractivity contribution in [3.8, 4) is 0 Å². The summed E-state index contributed by atoms with van der Waals surface area (Å²) < 4.78 is 0.885. The molecule has 0 saturated heterocycles. The van der Waals surface area contributed by atoms with Crippen molar-refractivity contribution in [3.05, 3.63) is 57.7 Å². The molecule has 0 saturated carbocycles. The van der Waals surface area contributed by atoms with Gasteiger partial charge in [-0.05, 0) is 49.2 Å². The molecule has 2 rings (SSSR count). The SMILES string of the molecule is Cc1ccnc(NC(=O)c2cc(Br)ccc2C)c1. The number of hydrogen-bond donors (Lipinski definition) is 1. The lowest BCUT2D eigenvalue weighted by Gasteiger charge is -2.08. The number of aryl methyl sites for hydroxylation is 2. The van der Waals surface area contributed by atoms with Crippen molar-refractivity contribution in [3.63, 3.8) is 0 Å². The van der Waals surface area contributed by atoms with Crippen LogP contribution in [0.3, 0.4) is 0 Å². The lowest BCUT2D eigenvalue weighted by Crippen LogP contribution is -2.14. The fourth-order valence-electron chi connectivity index (χ4n) is 1.63. The molecule has 0 radical (unpaired) electrons. The number of nitrogens with zero attached hydrogens (tertiary/aromatic N) is 1. The first-order valence-corrected chi connectivity index (χ1v) is 6.36. The number of benzene rings is 1. The number of anilines is 1. The van der Waals surface area contributed by atoms with E-state index in [2.05, 4.69) is 26.2 Å². The molecule has 1 heterocycles. The quantitative estimate of drug-likeness (QED) is 0.919. The number of rotatable bonds is 2. The molecule has 18 heavy (non-hydrogen) atoms. The predicted octanol–water partition coefficient (Wildman–Crippen LogP) is 3.71. The topological polar surface area (TPSA) is 42.0 Å². The number of pyridine rings is 1. The van der Waals surface area contributed by atoms with Crippen LogP contribution in [0.1, 0.15) is 21.5 Å². The van der Waals surface area contributed by atoms with Crippen LogP contribution in [0, 0.1) is 13.8 Å². The fraction of sp³-hybridized carbons (Fsp3) is 0.143. The highest BCUT2D eigenvalue weighted by Gasteiger charge is 2.10. The molecule has 1 aromatic carbocycles. The second kappa shape index (κ2) is 5.31. The number of carbonyl (C=O) groups excluding carboxylic acids is 1. The Labute approximate surface area is 114 Å². The van der Waals surface area contributed by atoms with Gasteiger partial charge in [0.1, 0.15) is 5.82 Å². The highest BCUT2D eigenvalue weighted by Crippen LogP contribution is 2.17. The van der Waals surface area contributed by atoms with Crippen LogP contribution in [0.25, 0.3) is 0 Å². The molecule has 0 spiro atoms. The Balaban J connectivity index is 2.24. The summed E-state index contributed by atoms with van der Waals surface area (Å²) in [6.45, 7) is 3.87. The summed E-state index contributed by atoms with van der Waals surface area (Å²) in [5.74, 6) is 0.422. The molecule has 0 atom stereocenters. The third-order valence-corrected chi connectivity index (χ3v) is 3.09. The van der Waals surface area contributed by atoms with E-state index in [4.69, 9.17) is 0 Å². The summed E-state index contributed by atoms with van der Waals surface area (Å²) >= 11 is 3.37. The maximum Gasteiger partial charge on any atom is 0.257 e. The van der Waals surface area contributed by atoms with Crippen LogP contribution >= 0.6 is 15.9 Å². The van der Waals surface area contributed by atoms with Gasteiger partial charge in [-0.2, -0.15) is 0 Å². The molecule has 0 fully saturated rings. The molecule has 4 heteroatoms. The number of nitrogens with one attached hydrogen (secondary N) is 1. The van der Waals surface area contributed by atoms with Crippen molar-refractivity contribution in [1.82, 2.24) is 4.98 Å². The van der Waals surface area contributed by atoms with Crippen LogP contribution in [0.15, 0.2) is 41.0 Å². The average molecular weight is 305 g/mol. The second-order valence-electron chi connectivity index (χ2n) is 4.13. The molecule has 1 N–H and O–H groups in total. The monoisotopic (exact) mass is 304 g/mol. The molecule has 1 aromatic heterocycles. The van der Waals surface area contributed by atoms with Crippen molar-refractivity contribution in [2.24, 2.45) is 0 Å². The van der Waals surface area contributed by atoms with E-state index in [0.29, 0.717) is 11.4 Å². The Bertz CT molecular complexity index is 596. The highest BCUT2D eigenvalue weighted by molar-refractivity contribution is 9.10. The van der Waals surface area contributed by atoms with Gasteiger partial charge in [0.05, 0.1) is 0 Å². The average Bonchev–Trinajstić information content (AvgIpc) is 2.32. The standard InChI is InChI=1S/C14H13BrN2O/c1-9-5-6-16-13(7-9)17-14(18)12-8-11(15)4-3-10(12)2/h3-8H,1-2H3,(H,16,17,18). The number of hydrogen-bond acceptors (Lipinski definition) is 2. The summed E-state index contributed by atoms with van der Waals surface area (Å²) in [5, 5.41) is 2.80. The Morgan fingerprint density at radius 3 is 2.72 bits per heavy atom. The normalized spacial score (nSPS) is 10.2. The Hall–Kier alpha value is -1.68. The van der Waals surface area contributed by atoms with Gasteiger partial charge in [0.2, 0.25) is 0 Å². The van der Waals surface area contributed by atoms with Gasteiger partial charge < -0.3 is 5.32 Å². The van der Waals surface area contributed by atoms with E-state index in [-0.39, 0.29) is 5.91 Å². The Kier molecular flexibility index (Phi) is 3.77. The Morgan fingerprint density at radius 2 is 2.00 bits per heavy atom. The number of halogens is 1. The van der Waals surface area contributed by atoms with Crippen LogP contribution in [-0.4, -0.2) is 10.9 Å². The third-order valence-electron chi connectivity index (χ3n) is 2.60. The smallest absolute Gasteiger partial charge is 0.257 e. The summed E-state index contributed by atoms with van der Waals surface area (Å²) in [6.07, 6.45) is 1.68. The van der Waals surface area contributed by atoms with E-state index < -0.39 is 0 Å². The highest BCUT2D eigenvalue weighted by atomic mass is 79.9. The number of aromatic nitrogens is 1. The van der Waals surface area contributed by atoms with E-state index in [1.807, 2.05) is 38.1 Å². The zero-order chi connectivity index (χ0) is 13.1. The molecular formula is C14H13BrN2O. The van der Waals surface area contributed by atoms with Crippen LogP contribution in [-0.2, 0) is 0 Å². The summed E-state index contributed by atoms with van der Waals surface area (Å²) in [6, 6.07) is 9.35. The van der Waals surface area contributed by atoms with Crippen LogP contribution in [0.2, 0.25) is 0 Å². The molecule has 0 bridgehead atoms. The predicted molar refractivity (Wildman–Crippen MR) is 75.8 cm³/mol. The molecule has 0 unspecified atom stereocenters. The fourth-order valence-corrected chi connectivity index (χ4v) is 1.99. The minimum atomic E-state index is -0.146. The van der Waals surface area contributed by atoms with Gasteiger partial charge in [-0.1, -0.05) is 22.0 Å². The van der Waals surface area contributed by atoms with Crippen LogP contribution in [0.5, 0.6) is 0 Å². The molecule has 2 aromatic rings. The summed E-state index contributed by atoms with van der Waals surface area (Å²) in [7, 11) is 0. The maximum absolute atomic E-state index is 12.1. The second-order valence-corrected chi connectivity index (χ2v) is 5.05. The molecule has 0 aliphatic rings. The molecule has 0 aliphatic heterocycles. The lowest BCUT2D eigenvalue weighted by molar-refractivity contribution is 0.102. The molecule has 3 nitrogen and oxygen atoms in total. The van der Waals surface area contributed by atoms with Gasteiger partial charge in [0, 0.05) is 16.2 Å². The maximum atomic E-state index is 12.1. The van der Waals surface area contributed by atoms with E-state index >= 15 is 0 Å². The van der Waals surface area contributed by atoms with Gasteiger partial charge in [0.15, 0.2) is 0 Å². The number of carbonyl (C=O) groups is 1. The Morgan fingerprint density at radius 1 is 1.22 bits per heavy atom. The molecular weight excluding hydrogens is 292 g/mol. The molecule has 0 aliphatic carbocycles. The van der Waals surface area contributed by atoms with Gasteiger partial charge in [0.25, 0.3) is 5.91 Å². The first kappa shape index (κ1) is 12.8. The van der Waals surface area contributed by atoms with Crippen molar-refractivity contribution in [2.75, 3.05) is 5.32 Å². The van der Waals surface area contributed by atoms with E-state index in [1.54, 1.807) is 12.3 Å². The molecule has 1 amide bonds. The lowest BCUT2D eigenvalue weighted by atomic mass is 10.1. The zero-order valence-electron chi connectivity index (χ0n) is 10.2. The zero-order valence-corrected chi connectivity index (χ0v) is 11.8. The largest absolute Gasteiger partial charge is 0.307 e. The first-order chi connectivity index (χ1) is 8.56. The van der Waals surface area contributed by atoms with Crippen molar-refractivity contribution in [2.45, 2.75) is 13.8 Å². The van der Waals surface area contributed by atoms with E-state index in [9.17, 15) is 4.79 Å². The van der Waals surface area contributed by atoms with Crippen molar-refractivity contribution >= 4 is 27.7 Å². The van der Waals surface area contributed by atoms with Crippen molar-refractivity contribution in [1.29, 1.82) is 0 Å². The van der Waals surface area contributed by atoms with Crippen LogP contribution < -0.4 is 5.32 Å². The number of amides is 1. The summed E-state index contributed by atoms with van der Waals surface area (Å²) in [4.78, 5) is 16.2. The van der Waals surface area contributed by atoms with Gasteiger partial charge in [-0.3, -0.25) is 4.79 Å². The minimum Gasteiger partial charge on any atom is -0.307 e. The van der Waals surface area contributed by atoms with Crippen molar-refractivity contribution < 1.29 is 4.79 Å². The van der Waals surface area contributed by atoms with Crippen LogP contribution in [0.4, 0.5) is 5.82 Å². The van der Waals surface area contributed by atoms with E-state index in [1.165, 1.54) is 0 Å². The summed E-state index contributed by atoms with van der Waals surface area (Å²) in [5.41, 5.74) is 2.64. The molecule has 92 valence electrons. The third kappa shape index (κ3) is 2.96. The van der Waals surface area contributed by atoms with Gasteiger partial charge in [-0.25, -0.2) is 4.98 Å². The minimum absolute atomic E-state index is 0.146. The van der Waals surface area contributed by atoms with Gasteiger partial charge in [-0.15, -0.1) is 0 Å².